The normalized spacial score (nSPS) is 25.1. The molecule has 34 heavy (non-hydrogen) atoms. The zero-order chi connectivity index (χ0) is 22.9. The first-order valence-electron chi connectivity index (χ1n) is 11.9. The predicted octanol–water partition coefficient (Wildman–Crippen LogP) is 4.72. The molecular weight excluding hydrogens is 424 g/mol. The average Bonchev–Trinajstić information content (AvgIpc) is 3.64. The van der Waals surface area contributed by atoms with Gasteiger partial charge in [-0.15, -0.1) is 0 Å². The Kier molecular flexibility index (Phi) is 4.11. The summed E-state index contributed by atoms with van der Waals surface area (Å²) in [6, 6.07) is 22.6. The van der Waals surface area contributed by atoms with Crippen molar-refractivity contribution in [3.05, 3.63) is 78.5 Å². The molecule has 2 aromatic carbocycles. The van der Waals surface area contributed by atoms with Crippen LogP contribution in [0, 0.1) is 5.92 Å². The van der Waals surface area contributed by atoms with Crippen LogP contribution in [0.1, 0.15) is 31.2 Å². The minimum atomic E-state index is -0.571. The average molecular weight is 451 g/mol. The van der Waals surface area contributed by atoms with E-state index in [0.717, 1.165) is 52.3 Å². The fourth-order valence-corrected chi connectivity index (χ4v) is 5.79. The van der Waals surface area contributed by atoms with Gasteiger partial charge in [0.2, 0.25) is 5.88 Å². The third kappa shape index (κ3) is 2.95. The van der Waals surface area contributed by atoms with E-state index in [1.54, 1.807) is 6.20 Å². The zero-order valence-electron chi connectivity index (χ0n) is 18.8. The summed E-state index contributed by atoms with van der Waals surface area (Å²) >= 11 is 0. The zero-order valence-corrected chi connectivity index (χ0v) is 18.8. The topological polar surface area (TPSA) is 86.2 Å². The van der Waals surface area contributed by atoms with Gasteiger partial charge in [-0.2, -0.15) is 0 Å². The highest BCUT2D eigenvalue weighted by molar-refractivity contribution is 5.83. The number of imidazole rings is 1. The van der Waals surface area contributed by atoms with Gasteiger partial charge in [0.25, 0.3) is 0 Å². The van der Waals surface area contributed by atoms with Crippen LogP contribution in [-0.2, 0) is 12.3 Å². The number of rotatable bonds is 4. The minimum absolute atomic E-state index is 0.361. The Morgan fingerprint density at radius 1 is 0.941 bits per heavy atom. The maximum absolute atomic E-state index is 10.8. The van der Waals surface area contributed by atoms with E-state index in [2.05, 4.69) is 45.9 Å². The number of aromatic nitrogens is 3. The van der Waals surface area contributed by atoms with Crippen LogP contribution < -0.4 is 10.5 Å². The van der Waals surface area contributed by atoms with Crippen LogP contribution in [0.2, 0.25) is 0 Å². The Hall–Kier alpha value is -3.48. The Morgan fingerprint density at radius 2 is 1.71 bits per heavy atom. The predicted molar refractivity (Wildman–Crippen MR) is 130 cm³/mol. The third-order valence-electron chi connectivity index (χ3n) is 7.67. The second-order valence-corrected chi connectivity index (χ2v) is 10.0. The molecule has 2 saturated carbocycles. The summed E-state index contributed by atoms with van der Waals surface area (Å²) < 4.78 is 8.08. The quantitative estimate of drug-likeness (QED) is 0.470. The van der Waals surface area contributed by atoms with Gasteiger partial charge in [-0.1, -0.05) is 54.6 Å². The molecule has 2 fully saturated rings. The van der Waals surface area contributed by atoms with Crippen LogP contribution in [0.3, 0.4) is 0 Å². The molecule has 0 bridgehead atoms. The maximum atomic E-state index is 10.8. The third-order valence-corrected chi connectivity index (χ3v) is 7.67. The number of ether oxygens (including phenoxy) is 1. The van der Waals surface area contributed by atoms with Crippen LogP contribution in [0.5, 0.6) is 5.88 Å². The number of aliphatic hydroxyl groups is 1. The van der Waals surface area contributed by atoms with Crippen molar-refractivity contribution in [2.45, 2.75) is 43.6 Å². The summed E-state index contributed by atoms with van der Waals surface area (Å²) in [4.78, 5) is 9.47. The van der Waals surface area contributed by atoms with E-state index in [-0.39, 0.29) is 0 Å². The molecule has 2 aromatic heterocycles. The Balaban J connectivity index is 1.30. The second-order valence-electron chi connectivity index (χ2n) is 10.0. The van der Waals surface area contributed by atoms with E-state index in [9.17, 15) is 5.11 Å². The standard InChI is InChI=1S/C28H26N4O2/c29-27(15-28(33,16-27)21-12-13-21)20-10-8-18(9-11-20)23-24(19-5-2-1-3-6-19)32-17-34-26-22(25(32)31-23)7-4-14-30-26/h1-11,14,21,33H,12-13,15-17,29H2. The van der Waals surface area contributed by atoms with Crippen molar-refractivity contribution in [2.24, 2.45) is 11.7 Å². The van der Waals surface area contributed by atoms with E-state index in [1.807, 2.05) is 30.3 Å². The van der Waals surface area contributed by atoms with E-state index in [0.29, 0.717) is 31.4 Å². The number of fused-ring (bicyclic) bond motifs is 3. The van der Waals surface area contributed by atoms with E-state index in [4.69, 9.17) is 15.5 Å². The van der Waals surface area contributed by atoms with Crippen molar-refractivity contribution in [1.82, 2.24) is 14.5 Å². The molecule has 0 atom stereocenters. The summed E-state index contributed by atoms with van der Waals surface area (Å²) in [7, 11) is 0. The summed E-state index contributed by atoms with van der Waals surface area (Å²) in [5.74, 6) is 1.91. The summed E-state index contributed by atoms with van der Waals surface area (Å²) in [5.41, 5.74) is 11.7. The van der Waals surface area contributed by atoms with Crippen molar-refractivity contribution in [3.8, 4) is 39.8 Å². The molecule has 3 heterocycles. The van der Waals surface area contributed by atoms with Gasteiger partial charge in [0, 0.05) is 22.9 Å². The largest absolute Gasteiger partial charge is 0.455 e. The fraction of sp³-hybridized carbons (Fsp3) is 0.286. The monoisotopic (exact) mass is 450 g/mol. The van der Waals surface area contributed by atoms with E-state index < -0.39 is 11.1 Å². The van der Waals surface area contributed by atoms with Crippen LogP contribution in [0.25, 0.3) is 33.9 Å². The number of benzene rings is 2. The lowest BCUT2D eigenvalue weighted by molar-refractivity contribution is -0.106. The lowest BCUT2D eigenvalue weighted by Gasteiger charge is -2.52. The van der Waals surface area contributed by atoms with Gasteiger partial charge in [-0.25, -0.2) is 9.97 Å². The van der Waals surface area contributed by atoms with Crippen LogP contribution in [-0.4, -0.2) is 25.2 Å². The molecule has 0 amide bonds. The molecule has 6 nitrogen and oxygen atoms in total. The van der Waals surface area contributed by atoms with Gasteiger partial charge >= 0.3 is 0 Å². The first-order chi connectivity index (χ1) is 16.5. The molecule has 4 aromatic rings. The van der Waals surface area contributed by atoms with Crippen molar-refractivity contribution < 1.29 is 9.84 Å². The SMILES string of the molecule is NC1(c2ccc(-c3nc4n(c3-c3ccccc3)COc3ncccc3-4)cc2)CC(O)(C2CC2)C1. The molecule has 1 aliphatic heterocycles. The lowest BCUT2D eigenvalue weighted by atomic mass is 9.60. The van der Waals surface area contributed by atoms with E-state index >= 15 is 0 Å². The molecule has 3 N–H and O–H groups in total. The van der Waals surface area contributed by atoms with Crippen molar-refractivity contribution in [1.29, 1.82) is 0 Å². The number of hydrogen-bond donors (Lipinski definition) is 2. The van der Waals surface area contributed by atoms with Gasteiger partial charge in [0.15, 0.2) is 6.73 Å². The first-order valence-corrected chi connectivity index (χ1v) is 11.9. The van der Waals surface area contributed by atoms with Gasteiger partial charge < -0.3 is 15.6 Å². The molecule has 0 spiro atoms. The molecule has 7 rings (SSSR count). The second kappa shape index (κ2) is 7.01. The van der Waals surface area contributed by atoms with Gasteiger partial charge in [-0.05, 0) is 49.3 Å². The van der Waals surface area contributed by atoms with E-state index in [1.165, 1.54) is 0 Å². The van der Waals surface area contributed by atoms with Crippen molar-refractivity contribution in [2.75, 3.05) is 0 Å². The lowest BCUT2D eigenvalue weighted by Crippen LogP contribution is -2.60. The van der Waals surface area contributed by atoms with Crippen molar-refractivity contribution in [3.63, 3.8) is 0 Å². The Bertz CT molecular complexity index is 1380. The molecule has 0 radical (unpaired) electrons. The molecular formula is C28H26N4O2. The molecule has 6 heteroatoms. The summed E-state index contributed by atoms with van der Waals surface area (Å²) in [6.07, 6.45) is 5.27. The van der Waals surface area contributed by atoms with Crippen LogP contribution in [0.4, 0.5) is 0 Å². The molecule has 2 aliphatic carbocycles. The van der Waals surface area contributed by atoms with Gasteiger partial charge in [0.05, 0.1) is 22.6 Å². The fourth-order valence-electron chi connectivity index (χ4n) is 5.79. The summed E-state index contributed by atoms with van der Waals surface area (Å²) in [6.45, 7) is 0.361. The van der Waals surface area contributed by atoms with Crippen molar-refractivity contribution >= 4 is 0 Å². The molecule has 170 valence electrons. The molecule has 3 aliphatic rings. The maximum Gasteiger partial charge on any atom is 0.226 e. The number of pyridine rings is 1. The van der Waals surface area contributed by atoms with Gasteiger partial charge in [0.1, 0.15) is 5.82 Å². The highest BCUT2D eigenvalue weighted by atomic mass is 16.5. The molecule has 0 saturated heterocycles. The minimum Gasteiger partial charge on any atom is -0.455 e. The highest BCUT2D eigenvalue weighted by Crippen LogP contribution is 2.57. The smallest absolute Gasteiger partial charge is 0.226 e. The number of nitrogens with two attached hydrogens (primary N) is 1. The first kappa shape index (κ1) is 19.9. The Morgan fingerprint density at radius 3 is 2.44 bits per heavy atom. The number of hydrogen-bond acceptors (Lipinski definition) is 5. The van der Waals surface area contributed by atoms with Gasteiger partial charge in [-0.3, -0.25) is 4.57 Å². The Labute approximate surface area is 198 Å². The van der Waals surface area contributed by atoms with Crippen LogP contribution in [0.15, 0.2) is 72.9 Å². The number of nitrogens with zero attached hydrogens (tertiary/aromatic N) is 3. The van der Waals surface area contributed by atoms with Crippen LogP contribution >= 0.6 is 0 Å². The summed E-state index contributed by atoms with van der Waals surface area (Å²) in [5, 5.41) is 10.8. The molecule has 0 unspecified atom stereocenters. The highest BCUT2D eigenvalue weighted by Gasteiger charge is 2.58.